The zero-order valence-corrected chi connectivity index (χ0v) is 13.7. The van der Waals surface area contributed by atoms with Crippen molar-refractivity contribution in [2.45, 2.75) is 39.2 Å². The molecule has 0 saturated heterocycles. The molecule has 0 heterocycles. The Balaban J connectivity index is 2.34. The summed E-state index contributed by atoms with van der Waals surface area (Å²) in [6, 6.07) is 5.26. The van der Waals surface area contributed by atoms with Gasteiger partial charge in [0.25, 0.3) is 0 Å². The highest BCUT2D eigenvalue weighted by molar-refractivity contribution is 7.80. The normalized spacial score (nSPS) is 10.2. The highest BCUT2D eigenvalue weighted by atomic mass is 35.5. The van der Waals surface area contributed by atoms with E-state index in [2.05, 4.69) is 17.6 Å². The summed E-state index contributed by atoms with van der Waals surface area (Å²) in [4.78, 5) is 11.6. The number of rotatable bonds is 6. The molecule has 20 heavy (non-hydrogen) atoms. The minimum absolute atomic E-state index is 0.0573. The summed E-state index contributed by atoms with van der Waals surface area (Å²) in [7, 11) is 0. The number of benzene rings is 1. The molecule has 0 aliphatic rings. The van der Waals surface area contributed by atoms with E-state index in [1.807, 2.05) is 6.07 Å². The fourth-order valence-corrected chi connectivity index (χ4v) is 2.27. The fourth-order valence-electron chi connectivity index (χ4n) is 1.61. The van der Waals surface area contributed by atoms with Gasteiger partial charge in [-0.3, -0.25) is 4.79 Å². The molecule has 0 spiro atoms. The molecule has 0 atom stereocenters. The molecule has 0 unspecified atom stereocenters. The molecule has 110 valence electrons. The number of carbonyl (C=O) groups is 1. The number of thiocarbonyl (C=S) groups is 1. The van der Waals surface area contributed by atoms with E-state index in [4.69, 9.17) is 35.4 Å². The van der Waals surface area contributed by atoms with Gasteiger partial charge in [-0.2, -0.15) is 0 Å². The third-order valence-electron chi connectivity index (χ3n) is 2.71. The first kappa shape index (κ1) is 17.2. The molecule has 0 aromatic heterocycles. The Morgan fingerprint density at radius 3 is 2.70 bits per heavy atom. The van der Waals surface area contributed by atoms with E-state index in [-0.39, 0.29) is 5.91 Å². The van der Waals surface area contributed by atoms with Crippen molar-refractivity contribution in [1.82, 2.24) is 10.6 Å². The number of halogens is 2. The van der Waals surface area contributed by atoms with E-state index in [0.717, 1.165) is 24.8 Å². The maximum atomic E-state index is 11.6. The van der Waals surface area contributed by atoms with Crippen molar-refractivity contribution in [3.8, 4) is 0 Å². The Morgan fingerprint density at radius 1 is 1.30 bits per heavy atom. The topological polar surface area (TPSA) is 41.1 Å². The average Bonchev–Trinajstić information content (AvgIpc) is 2.38. The first-order valence-corrected chi connectivity index (χ1v) is 7.71. The number of hydrogen-bond donors (Lipinski definition) is 2. The molecule has 1 amide bonds. The van der Waals surface area contributed by atoms with Gasteiger partial charge < -0.3 is 10.6 Å². The lowest BCUT2D eigenvalue weighted by molar-refractivity contribution is -0.119. The Bertz CT molecular complexity index is 480. The summed E-state index contributed by atoms with van der Waals surface area (Å²) >= 11 is 16.9. The van der Waals surface area contributed by atoms with Crippen LogP contribution in [0.25, 0.3) is 0 Å². The number of hydrogen-bond acceptors (Lipinski definition) is 2. The molecule has 0 bridgehead atoms. The van der Waals surface area contributed by atoms with E-state index in [0.29, 0.717) is 28.1 Å². The molecule has 3 nitrogen and oxygen atoms in total. The molecule has 0 aliphatic carbocycles. The predicted octanol–water partition coefficient (Wildman–Crippen LogP) is 4.06. The van der Waals surface area contributed by atoms with Gasteiger partial charge in [0.1, 0.15) is 0 Å². The Labute approximate surface area is 135 Å². The Kier molecular flexibility index (Phi) is 7.88. The molecular formula is C14H18Cl2N2OS. The van der Waals surface area contributed by atoms with Gasteiger partial charge in [-0.15, -0.1) is 0 Å². The number of carbonyl (C=O) groups excluding carboxylic acids is 1. The second-order valence-electron chi connectivity index (χ2n) is 4.42. The quantitative estimate of drug-likeness (QED) is 0.609. The standard InChI is InChI=1S/C14H18Cl2N2OS/c1-2-3-4-5-13(19)18-14(20)17-9-10-6-7-11(15)8-12(10)16/h6-8H,2-5,9H2,1H3,(H2,17,18,19,20). The first-order chi connectivity index (χ1) is 9.52. The fraction of sp³-hybridized carbons (Fsp3) is 0.429. The smallest absolute Gasteiger partial charge is 0.226 e. The summed E-state index contributed by atoms with van der Waals surface area (Å²) in [5.41, 5.74) is 0.874. The number of amides is 1. The van der Waals surface area contributed by atoms with Crippen LogP contribution in [0.1, 0.15) is 38.2 Å². The summed E-state index contributed by atoms with van der Waals surface area (Å²) < 4.78 is 0. The minimum Gasteiger partial charge on any atom is -0.358 e. The van der Waals surface area contributed by atoms with Gasteiger partial charge in [0.05, 0.1) is 0 Å². The maximum absolute atomic E-state index is 11.6. The predicted molar refractivity (Wildman–Crippen MR) is 88.2 cm³/mol. The van der Waals surface area contributed by atoms with Crippen LogP contribution in [0.3, 0.4) is 0 Å². The molecule has 0 saturated carbocycles. The summed E-state index contributed by atoms with van der Waals surface area (Å²) in [5.74, 6) is -0.0573. The maximum Gasteiger partial charge on any atom is 0.226 e. The van der Waals surface area contributed by atoms with Gasteiger partial charge in [0, 0.05) is 23.0 Å². The van der Waals surface area contributed by atoms with E-state index in [9.17, 15) is 4.79 Å². The SMILES string of the molecule is CCCCCC(=O)NC(=S)NCc1ccc(Cl)cc1Cl. The van der Waals surface area contributed by atoms with Crippen molar-refractivity contribution in [2.75, 3.05) is 0 Å². The highest BCUT2D eigenvalue weighted by Gasteiger charge is 2.05. The zero-order valence-electron chi connectivity index (χ0n) is 11.3. The molecule has 1 aromatic rings. The first-order valence-electron chi connectivity index (χ1n) is 6.54. The van der Waals surface area contributed by atoms with E-state index >= 15 is 0 Å². The summed E-state index contributed by atoms with van der Waals surface area (Å²) in [6.07, 6.45) is 3.52. The summed E-state index contributed by atoms with van der Waals surface area (Å²) in [6.45, 7) is 2.55. The Hall–Kier alpha value is -0.840. The van der Waals surface area contributed by atoms with Crippen LogP contribution in [0, 0.1) is 0 Å². The van der Waals surface area contributed by atoms with Gasteiger partial charge in [0.15, 0.2) is 5.11 Å². The van der Waals surface area contributed by atoms with Crippen LogP contribution in [-0.2, 0) is 11.3 Å². The van der Waals surface area contributed by atoms with Crippen LogP contribution in [-0.4, -0.2) is 11.0 Å². The number of unbranched alkanes of at least 4 members (excludes halogenated alkanes) is 2. The molecular weight excluding hydrogens is 315 g/mol. The van der Waals surface area contributed by atoms with Gasteiger partial charge in [-0.1, -0.05) is 49.0 Å². The Morgan fingerprint density at radius 2 is 2.05 bits per heavy atom. The zero-order chi connectivity index (χ0) is 15.0. The molecule has 0 aliphatic heterocycles. The van der Waals surface area contributed by atoms with Gasteiger partial charge in [0.2, 0.25) is 5.91 Å². The van der Waals surface area contributed by atoms with E-state index in [1.54, 1.807) is 12.1 Å². The molecule has 0 radical (unpaired) electrons. The third kappa shape index (κ3) is 6.55. The van der Waals surface area contributed by atoms with E-state index < -0.39 is 0 Å². The van der Waals surface area contributed by atoms with Crippen LogP contribution < -0.4 is 10.6 Å². The monoisotopic (exact) mass is 332 g/mol. The lowest BCUT2D eigenvalue weighted by Crippen LogP contribution is -2.38. The van der Waals surface area contributed by atoms with Crippen LogP contribution in [0.4, 0.5) is 0 Å². The van der Waals surface area contributed by atoms with Crippen molar-refractivity contribution in [3.05, 3.63) is 33.8 Å². The summed E-state index contributed by atoms with van der Waals surface area (Å²) in [5, 5.41) is 7.08. The van der Waals surface area contributed by atoms with Crippen LogP contribution in [0.2, 0.25) is 10.0 Å². The third-order valence-corrected chi connectivity index (χ3v) is 3.55. The van der Waals surface area contributed by atoms with Crippen LogP contribution >= 0.6 is 35.4 Å². The van der Waals surface area contributed by atoms with Crippen LogP contribution in [0.5, 0.6) is 0 Å². The minimum atomic E-state index is -0.0573. The van der Waals surface area contributed by atoms with Gasteiger partial charge in [-0.25, -0.2) is 0 Å². The molecule has 6 heteroatoms. The van der Waals surface area contributed by atoms with Gasteiger partial charge >= 0.3 is 0 Å². The molecule has 0 fully saturated rings. The lowest BCUT2D eigenvalue weighted by atomic mass is 10.2. The average molecular weight is 333 g/mol. The molecule has 1 rings (SSSR count). The van der Waals surface area contributed by atoms with Gasteiger partial charge in [-0.05, 0) is 36.3 Å². The van der Waals surface area contributed by atoms with Crippen molar-refractivity contribution in [2.24, 2.45) is 0 Å². The largest absolute Gasteiger partial charge is 0.358 e. The molecule has 1 aromatic carbocycles. The second-order valence-corrected chi connectivity index (χ2v) is 5.68. The van der Waals surface area contributed by atoms with E-state index in [1.165, 1.54) is 0 Å². The number of nitrogens with one attached hydrogen (secondary N) is 2. The molecule has 2 N–H and O–H groups in total. The van der Waals surface area contributed by atoms with Crippen molar-refractivity contribution >= 4 is 46.4 Å². The van der Waals surface area contributed by atoms with Crippen LogP contribution in [0.15, 0.2) is 18.2 Å². The van der Waals surface area contributed by atoms with Crippen molar-refractivity contribution in [1.29, 1.82) is 0 Å². The highest BCUT2D eigenvalue weighted by Crippen LogP contribution is 2.20. The van der Waals surface area contributed by atoms with Crippen molar-refractivity contribution in [3.63, 3.8) is 0 Å². The lowest BCUT2D eigenvalue weighted by Gasteiger charge is -2.10. The second kappa shape index (κ2) is 9.16. The van der Waals surface area contributed by atoms with Crippen molar-refractivity contribution < 1.29 is 4.79 Å².